The predicted octanol–water partition coefficient (Wildman–Crippen LogP) is 2.60. The molecule has 1 aromatic heterocycles. The third kappa shape index (κ3) is 3.83. The smallest absolute Gasteiger partial charge is 0.115 e. The summed E-state index contributed by atoms with van der Waals surface area (Å²) in [7, 11) is 0. The zero-order chi connectivity index (χ0) is 13.7. The summed E-state index contributed by atoms with van der Waals surface area (Å²) < 4.78 is 2.00. The summed E-state index contributed by atoms with van der Waals surface area (Å²) in [4.78, 5) is 0. The fourth-order valence-corrected chi connectivity index (χ4v) is 2.08. The van der Waals surface area contributed by atoms with Crippen LogP contribution in [0.4, 0.5) is 0 Å². The summed E-state index contributed by atoms with van der Waals surface area (Å²) in [6.45, 7) is 6.69. The van der Waals surface area contributed by atoms with Crippen molar-refractivity contribution in [2.45, 2.75) is 39.9 Å². The summed E-state index contributed by atoms with van der Waals surface area (Å²) in [5, 5.41) is 17.2. The molecule has 2 rings (SSSR count). The van der Waals surface area contributed by atoms with Gasteiger partial charge in [0.15, 0.2) is 0 Å². The molecular weight excluding hydrogens is 238 g/mol. The fraction of sp³-hybridized carbons (Fsp3) is 0.400. The van der Waals surface area contributed by atoms with Gasteiger partial charge in [0.25, 0.3) is 0 Å². The number of hydrogen-bond acceptors (Lipinski definition) is 3. The van der Waals surface area contributed by atoms with Gasteiger partial charge in [-0.3, -0.25) is 4.68 Å². The molecular formula is C15H21N3O. The van der Waals surface area contributed by atoms with Gasteiger partial charge in [-0.25, -0.2) is 0 Å². The summed E-state index contributed by atoms with van der Waals surface area (Å²) in [5.74, 6) is 0.311. The van der Waals surface area contributed by atoms with Gasteiger partial charge < -0.3 is 10.4 Å². The van der Waals surface area contributed by atoms with Gasteiger partial charge in [0.05, 0.1) is 5.69 Å². The van der Waals surface area contributed by atoms with Crippen molar-refractivity contribution in [3.8, 4) is 5.75 Å². The normalized spacial score (nSPS) is 10.8. The SMILES string of the molecule is CCCn1cc(CNCc2cccc(O)c2)c(C)n1. The molecule has 19 heavy (non-hydrogen) atoms. The van der Waals surface area contributed by atoms with Gasteiger partial charge in [0.2, 0.25) is 0 Å². The number of rotatable bonds is 6. The molecule has 0 spiro atoms. The number of benzene rings is 1. The van der Waals surface area contributed by atoms with E-state index in [0.717, 1.165) is 37.3 Å². The molecule has 0 amide bonds. The van der Waals surface area contributed by atoms with E-state index in [9.17, 15) is 5.11 Å². The average molecular weight is 259 g/mol. The highest BCUT2D eigenvalue weighted by atomic mass is 16.3. The minimum absolute atomic E-state index is 0.311. The van der Waals surface area contributed by atoms with E-state index in [-0.39, 0.29) is 0 Å². The van der Waals surface area contributed by atoms with E-state index in [2.05, 4.69) is 23.5 Å². The molecule has 0 saturated heterocycles. The van der Waals surface area contributed by atoms with Crippen LogP contribution in [-0.4, -0.2) is 14.9 Å². The Balaban J connectivity index is 1.88. The van der Waals surface area contributed by atoms with Crippen LogP contribution in [0.1, 0.15) is 30.2 Å². The van der Waals surface area contributed by atoms with Gasteiger partial charge in [-0.1, -0.05) is 19.1 Å². The maximum atomic E-state index is 9.39. The summed E-state index contributed by atoms with van der Waals surface area (Å²) in [6.07, 6.45) is 3.20. The van der Waals surface area contributed by atoms with Crippen molar-refractivity contribution in [1.29, 1.82) is 0 Å². The summed E-state index contributed by atoms with van der Waals surface area (Å²) in [5.41, 5.74) is 3.39. The average Bonchev–Trinajstić information content (AvgIpc) is 2.71. The molecule has 0 saturated carbocycles. The highest BCUT2D eigenvalue weighted by molar-refractivity contribution is 5.27. The second-order valence-electron chi connectivity index (χ2n) is 4.78. The van der Waals surface area contributed by atoms with Crippen LogP contribution in [0.15, 0.2) is 30.5 Å². The lowest BCUT2D eigenvalue weighted by Gasteiger charge is -2.04. The van der Waals surface area contributed by atoms with Crippen molar-refractivity contribution in [2.24, 2.45) is 0 Å². The molecule has 0 fully saturated rings. The number of aromatic hydroxyl groups is 1. The zero-order valence-corrected chi connectivity index (χ0v) is 11.6. The third-order valence-corrected chi connectivity index (χ3v) is 3.06. The van der Waals surface area contributed by atoms with E-state index in [1.165, 1.54) is 5.56 Å². The van der Waals surface area contributed by atoms with Crippen molar-refractivity contribution in [3.63, 3.8) is 0 Å². The maximum Gasteiger partial charge on any atom is 0.115 e. The van der Waals surface area contributed by atoms with Crippen LogP contribution >= 0.6 is 0 Å². The Labute approximate surface area is 114 Å². The van der Waals surface area contributed by atoms with Gasteiger partial charge in [0.1, 0.15) is 5.75 Å². The second kappa shape index (κ2) is 6.38. The standard InChI is InChI=1S/C15H21N3O/c1-3-7-18-11-14(12(2)17-18)10-16-9-13-5-4-6-15(19)8-13/h4-6,8,11,16,19H,3,7,9-10H2,1-2H3. The number of nitrogens with one attached hydrogen (secondary N) is 1. The molecule has 102 valence electrons. The van der Waals surface area contributed by atoms with Gasteiger partial charge in [0, 0.05) is 31.4 Å². The number of aryl methyl sites for hydroxylation is 2. The Hall–Kier alpha value is -1.81. The first-order chi connectivity index (χ1) is 9.19. The van der Waals surface area contributed by atoms with Gasteiger partial charge >= 0.3 is 0 Å². The number of phenolic OH excluding ortho intramolecular Hbond substituents is 1. The maximum absolute atomic E-state index is 9.39. The summed E-state index contributed by atoms with van der Waals surface area (Å²) >= 11 is 0. The molecule has 0 aliphatic rings. The lowest BCUT2D eigenvalue weighted by molar-refractivity contribution is 0.474. The van der Waals surface area contributed by atoms with Crippen molar-refractivity contribution in [3.05, 3.63) is 47.3 Å². The lowest BCUT2D eigenvalue weighted by atomic mass is 10.2. The van der Waals surface area contributed by atoms with Crippen LogP contribution in [0.25, 0.3) is 0 Å². The molecule has 0 radical (unpaired) electrons. The Kier molecular flexibility index (Phi) is 4.58. The zero-order valence-electron chi connectivity index (χ0n) is 11.6. The van der Waals surface area contributed by atoms with Crippen molar-refractivity contribution in [2.75, 3.05) is 0 Å². The lowest BCUT2D eigenvalue weighted by Crippen LogP contribution is -2.12. The quantitative estimate of drug-likeness (QED) is 0.838. The molecule has 2 aromatic rings. The fourth-order valence-electron chi connectivity index (χ4n) is 2.08. The molecule has 0 atom stereocenters. The van der Waals surface area contributed by atoms with E-state index < -0.39 is 0 Å². The van der Waals surface area contributed by atoms with Crippen LogP contribution < -0.4 is 5.32 Å². The summed E-state index contributed by atoms with van der Waals surface area (Å²) in [6, 6.07) is 7.32. The van der Waals surface area contributed by atoms with E-state index in [1.807, 2.05) is 23.7 Å². The van der Waals surface area contributed by atoms with Crippen LogP contribution in [0.5, 0.6) is 5.75 Å². The van der Waals surface area contributed by atoms with E-state index in [1.54, 1.807) is 12.1 Å². The third-order valence-electron chi connectivity index (χ3n) is 3.06. The highest BCUT2D eigenvalue weighted by Crippen LogP contribution is 2.11. The van der Waals surface area contributed by atoms with Gasteiger partial charge in [-0.15, -0.1) is 0 Å². The molecule has 0 aliphatic heterocycles. The van der Waals surface area contributed by atoms with Crippen molar-refractivity contribution in [1.82, 2.24) is 15.1 Å². The minimum Gasteiger partial charge on any atom is -0.508 e. The monoisotopic (exact) mass is 259 g/mol. The first-order valence-electron chi connectivity index (χ1n) is 6.70. The topological polar surface area (TPSA) is 50.1 Å². The Bertz CT molecular complexity index is 534. The molecule has 2 N–H and O–H groups in total. The largest absolute Gasteiger partial charge is 0.508 e. The molecule has 1 heterocycles. The van der Waals surface area contributed by atoms with Crippen LogP contribution in [-0.2, 0) is 19.6 Å². The first-order valence-corrected chi connectivity index (χ1v) is 6.70. The molecule has 0 bridgehead atoms. The Morgan fingerprint density at radius 3 is 2.89 bits per heavy atom. The van der Waals surface area contributed by atoms with Crippen LogP contribution in [0, 0.1) is 6.92 Å². The predicted molar refractivity (Wildman–Crippen MR) is 75.9 cm³/mol. The van der Waals surface area contributed by atoms with Crippen molar-refractivity contribution < 1.29 is 5.11 Å². The second-order valence-corrected chi connectivity index (χ2v) is 4.78. The number of hydrogen-bond donors (Lipinski definition) is 2. The first kappa shape index (κ1) is 13.6. The number of nitrogens with zero attached hydrogens (tertiary/aromatic N) is 2. The van der Waals surface area contributed by atoms with E-state index >= 15 is 0 Å². The molecule has 0 unspecified atom stereocenters. The molecule has 4 heteroatoms. The molecule has 1 aromatic carbocycles. The number of aromatic nitrogens is 2. The van der Waals surface area contributed by atoms with Crippen LogP contribution in [0.2, 0.25) is 0 Å². The van der Waals surface area contributed by atoms with E-state index in [0.29, 0.717) is 5.75 Å². The van der Waals surface area contributed by atoms with Crippen molar-refractivity contribution >= 4 is 0 Å². The van der Waals surface area contributed by atoms with E-state index in [4.69, 9.17) is 0 Å². The van der Waals surface area contributed by atoms with Crippen LogP contribution in [0.3, 0.4) is 0 Å². The number of phenols is 1. The minimum atomic E-state index is 0.311. The Morgan fingerprint density at radius 2 is 2.16 bits per heavy atom. The van der Waals surface area contributed by atoms with Gasteiger partial charge in [-0.2, -0.15) is 5.10 Å². The molecule has 0 aliphatic carbocycles. The van der Waals surface area contributed by atoms with Gasteiger partial charge in [-0.05, 0) is 31.0 Å². The Morgan fingerprint density at radius 1 is 1.32 bits per heavy atom. The highest BCUT2D eigenvalue weighted by Gasteiger charge is 2.04. The molecule has 4 nitrogen and oxygen atoms in total.